The molecule has 0 atom stereocenters. The number of aromatic carboxylic acids is 1. The van der Waals surface area contributed by atoms with Crippen LogP contribution in [0.4, 0.5) is 0 Å². The van der Waals surface area contributed by atoms with Gasteiger partial charge in [0.15, 0.2) is 0 Å². The summed E-state index contributed by atoms with van der Waals surface area (Å²) in [6, 6.07) is 5.27. The van der Waals surface area contributed by atoms with E-state index in [1.807, 2.05) is 6.07 Å². The van der Waals surface area contributed by atoms with Crippen molar-refractivity contribution in [1.82, 2.24) is 4.57 Å². The van der Waals surface area contributed by atoms with Crippen LogP contribution in [0.25, 0.3) is 10.9 Å². The van der Waals surface area contributed by atoms with E-state index in [4.69, 9.17) is 9.47 Å². The van der Waals surface area contributed by atoms with E-state index in [2.05, 4.69) is 6.92 Å². The number of rotatable bonds is 6. The van der Waals surface area contributed by atoms with E-state index in [0.717, 1.165) is 23.7 Å². The Morgan fingerprint density at radius 3 is 2.55 bits per heavy atom. The number of unbranched alkanes of at least 4 members (excludes halogenated alkanes) is 1. The maximum Gasteiger partial charge on any atom is 0.352 e. The fourth-order valence-electron chi connectivity index (χ4n) is 2.35. The van der Waals surface area contributed by atoms with Crippen molar-refractivity contribution in [2.45, 2.75) is 26.3 Å². The van der Waals surface area contributed by atoms with Gasteiger partial charge in [-0.25, -0.2) is 4.79 Å². The Morgan fingerprint density at radius 1 is 1.25 bits per heavy atom. The summed E-state index contributed by atoms with van der Waals surface area (Å²) >= 11 is 0. The standard InChI is InChI=1S/C15H19NO4/c1-4-5-6-16-12(15(17)18)8-10-7-11(19-2)9-13(20-3)14(10)16/h7-9H,4-6H2,1-3H3,(H,17,18). The minimum absolute atomic E-state index is 0.278. The molecule has 0 spiro atoms. The van der Waals surface area contributed by atoms with E-state index in [0.29, 0.717) is 18.0 Å². The Bertz CT molecular complexity index is 630. The molecule has 108 valence electrons. The molecule has 0 saturated heterocycles. The van der Waals surface area contributed by atoms with Crippen LogP contribution >= 0.6 is 0 Å². The Labute approximate surface area is 117 Å². The van der Waals surface area contributed by atoms with Gasteiger partial charge in [0.1, 0.15) is 17.2 Å². The van der Waals surface area contributed by atoms with E-state index in [1.165, 1.54) is 0 Å². The molecule has 0 fully saturated rings. The molecule has 1 aromatic heterocycles. The lowest BCUT2D eigenvalue weighted by Crippen LogP contribution is -2.08. The van der Waals surface area contributed by atoms with E-state index in [1.54, 1.807) is 30.9 Å². The third kappa shape index (κ3) is 2.43. The summed E-state index contributed by atoms with van der Waals surface area (Å²) in [6.45, 7) is 2.73. The average Bonchev–Trinajstić information content (AvgIpc) is 2.82. The number of hydrogen-bond donors (Lipinski definition) is 1. The average molecular weight is 277 g/mol. The van der Waals surface area contributed by atoms with Crippen LogP contribution in [-0.4, -0.2) is 29.9 Å². The predicted octanol–water partition coefficient (Wildman–Crippen LogP) is 3.16. The third-order valence-electron chi connectivity index (χ3n) is 3.34. The first-order chi connectivity index (χ1) is 9.62. The molecule has 2 aromatic rings. The largest absolute Gasteiger partial charge is 0.497 e. The molecule has 0 aliphatic heterocycles. The maximum atomic E-state index is 11.4. The SMILES string of the molecule is CCCCn1c(C(=O)O)cc2cc(OC)cc(OC)c21. The minimum Gasteiger partial charge on any atom is -0.497 e. The van der Waals surface area contributed by atoms with Crippen molar-refractivity contribution in [1.29, 1.82) is 0 Å². The second-order valence-electron chi connectivity index (χ2n) is 4.61. The number of fused-ring (bicyclic) bond motifs is 1. The first kappa shape index (κ1) is 14.2. The highest BCUT2D eigenvalue weighted by molar-refractivity contribution is 5.97. The molecular formula is C15H19NO4. The summed E-state index contributed by atoms with van der Waals surface area (Å²) in [7, 11) is 3.15. The van der Waals surface area contributed by atoms with Crippen LogP contribution in [0.5, 0.6) is 11.5 Å². The van der Waals surface area contributed by atoms with Gasteiger partial charge in [-0.05, 0) is 18.6 Å². The highest BCUT2D eigenvalue weighted by Crippen LogP contribution is 2.34. The van der Waals surface area contributed by atoms with Crippen LogP contribution < -0.4 is 9.47 Å². The van der Waals surface area contributed by atoms with Gasteiger partial charge in [-0.3, -0.25) is 0 Å². The number of aryl methyl sites for hydroxylation is 1. The van der Waals surface area contributed by atoms with Gasteiger partial charge in [0.05, 0.1) is 19.7 Å². The Morgan fingerprint density at radius 2 is 2.00 bits per heavy atom. The van der Waals surface area contributed by atoms with Crippen molar-refractivity contribution in [2.24, 2.45) is 0 Å². The molecule has 0 amide bonds. The summed E-state index contributed by atoms with van der Waals surface area (Å²) in [4.78, 5) is 11.4. The van der Waals surface area contributed by atoms with Gasteiger partial charge >= 0.3 is 5.97 Å². The maximum absolute atomic E-state index is 11.4. The highest BCUT2D eigenvalue weighted by atomic mass is 16.5. The number of nitrogens with zero attached hydrogens (tertiary/aromatic N) is 1. The zero-order chi connectivity index (χ0) is 14.7. The molecule has 0 saturated carbocycles. The Balaban J connectivity index is 2.70. The van der Waals surface area contributed by atoms with Crippen molar-refractivity contribution < 1.29 is 19.4 Å². The van der Waals surface area contributed by atoms with Crippen molar-refractivity contribution in [3.8, 4) is 11.5 Å². The number of carbonyl (C=O) groups is 1. The second kappa shape index (κ2) is 5.86. The van der Waals surface area contributed by atoms with Gasteiger partial charge in [0.2, 0.25) is 0 Å². The van der Waals surface area contributed by atoms with Crippen molar-refractivity contribution in [3.05, 3.63) is 23.9 Å². The van der Waals surface area contributed by atoms with E-state index in [-0.39, 0.29) is 5.69 Å². The lowest BCUT2D eigenvalue weighted by atomic mass is 10.2. The van der Waals surface area contributed by atoms with Gasteiger partial charge in [-0.2, -0.15) is 0 Å². The lowest BCUT2D eigenvalue weighted by molar-refractivity contribution is 0.0685. The third-order valence-corrected chi connectivity index (χ3v) is 3.34. The molecule has 0 bridgehead atoms. The molecule has 1 aromatic carbocycles. The molecule has 5 heteroatoms. The van der Waals surface area contributed by atoms with Crippen LogP contribution in [0.15, 0.2) is 18.2 Å². The molecule has 0 unspecified atom stereocenters. The molecule has 0 aliphatic rings. The van der Waals surface area contributed by atoms with Crippen molar-refractivity contribution >= 4 is 16.9 Å². The van der Waals surface area contributed by atoms with Crippen LogP contribution in [0.1, 0.15) is 30.3 Å². The van der Waals surface area contributed by atoms with E-state index < -0.39 is 5.97 Å². The predicted molar refractivity (Wildman–Crippen MR) is 76.9 cm³/mol. The molecule has 0 radical (unpaired) electrons. The smallest absolute Gasteiger partial charge is 0.352 e. The minimum atomic E-state index is -0.932. The van der Waals surface area contributed by atoms with Gasteiger partial charge < -0.3 is 19.1 Å². The topological polar surface area (TPSA) is 60.7 Å². The van der Waals surface area contributed by atoms with Crippen LogP contribution in [0.3, 0.4) is 0 Å². The first-order valence-electron chi connectivity index (χ1n) is 6.61. The summed E-state index contributed by atoms with van der Waals surface area (Å²) in [5, 5.41) is 10.2. The number of methoxy groups -OCH3 is 2. The number of hydrogen-bond acceptors (Lipinski definition) is 3. The molecule has 2 rings (SSSR count). The van der Waals surface area contributed by atoms with Crippen molar-refractivity contribution in [2.75, 3.05) is 14.2 Å². The second-order valence-corrected chi connectivity index (χ2v) is 4.61. The number of carboxylic acids is 1. The Hall–Kier alpha value is -2.17. The van der Waals surface area contributed by atoms with E-state index >= 15 is 0 Å². The normalized spacial score (nSPS) is 10.8. The summed E-state index contributed by atoms with van der Waals surface area (Å²) in [5.41, 5.74) is 1.08. The molecule has 0 aliphatic carbocycles. The molecule has 1 N–H and O–H groups in total. The summed E-state index contributed by atoms with van der Waals surface area (Å²) < 4.78 is 12.4. The van der Waals surface area contributed by atoms with Crippen LogP contribution in [0, 0.1) is 0 Å². The summed E-state index contributed by atoms with van der Waals surface area (Å²) in [6.07, 6.45) is 1.91. The quantitative estimate of drug-likeness (QED) is 0.881. The zero-order valence-corrected chi connectivity index (χ0v) is 12.0. The number of aromatic nitrogens is 1. The van der Waals surface area contributed by atoms with Crippen LogP contribution in [0.2, 0.25) is 0 Å². The fraction of sp³-hybridized carbons (Fsp3) is 0.400. The summed E-state index contributed by atoms with van der Waals surface area (Å²) in [5.74, 6) is 0.347. The first-order valence-corrected chi connectivity index (χ1v) is 6.61. The highest BCUT2D eigenvalue weighted by Gasteiger charge is 2.18. The van der Waals surface area contributed by atoms with Gasteiger partial charge in [0.25, 0.3) is 0 Å². The van der Waals surface area contributed by atoms with Gasteiger partial charge in [-0.15, -0.1) is 0 Å². The molecule has 1 heterocycles. The van der Waals surface area contributed by atoms with Gasteiger partial charge in [0, 0.05) is 18.0 Å². The van der Waals surface area contributed by atoms with E-state index in [9.17, 15) is 9.90 Å². The number of benzene rings is 1. The van der Waals surface area contributed by atoms with Gasteiger partial charge in [-0.1, -0.05) is 13.3 Å². The monoisotopic (exact) mass is 277 g/mol. The molecule has 20 heavy (non-hydrogen) atoms. The number of carboxylic acid groups (broad SMARTS) is 1. The van der Waals surface area contributed by atoms with Crippen molar-refractivity contribution in [3.63, 3.8) is 0 Å². The molecular weight excluding hydrogens is 258 g/mol. The number of ether oxygens (including phenoxy) is 2. The zero-order valence-electron chi connectivity index (χ0n) is 12.0. The Kier molecular flexibility index (Phi) is 4.17. The fourth-order valence-corrected chi connectivity index (χ4v) is 2.35. The lowest BCUT2D eigenvalue weighted by Gasteiger charge is -2.11. The molecule has 5 nitrogen and oxygen atoms in total. The van der Waals surface area contributed by atoms with Crippen LogP contribution in [-0.2, 0) is 6.54 Å².